The van der Waals surface area contributed by atoms with Crippen molar-refractivity contribution in [1.82, 2.24) is 4.58 Å². The monoisotopic (exact) mass is 331 g/mol. The Bertz CT molecular complexity index is 382. The van der Waals surface area contributed by atoms with Crippen molar-refractivity contribution in [3.05, 3.63) is 14.7 Å². The molecule has 1 aromatic heterocycles. The average molecular weight is 332 g/mol. The van der Waals surface area contributed by atoms with Crippen molar-refractivity contribution in [3.8, 4) is 0 Å². The van der Waals surface area contributed by atoms with Gasteiger partial charge in [-0.3, -0.25) is 0 Å². The highest BCUT2D eigenvalue weighted by molar-refractivity contribution is 7.99. The number of halogens is 1. The van der Waals surface area contributed by atoms with Crippen LogP contribution in [-0.2, 0) is 0 Å². The van der Waals surface area contributed by atoms with Crippen molar-refractivity contribution in [2.45, 2.75) is 18.1 Å². The molecule has 0 N–H and O–H groups in total. The summed E-state index contributed by atoms with van der Waals surface area (Å²) >= 11 is 5.78. The van der Waals surface area contributed by atoms with E-state index in [1.54, 1.807) is 0 Å². The number of hydrogen-bond acceptors (Lipinski definition) is 7. The quantitative estimate of drug-likeness (QED) is 0.524. The zero-order valence-electron chi connectivity index (χ0n) is 9.74. The van der Waals surface area contributed by atoms with Crippen molar-refractivity contribution in [2.75, 3.05) is 19.3 Å². The second-order valence-electron chi connectivity index (χ2n) is 3.57. The summed E-state index contributed by atoms with van der Waals surface area (Å²) in [6.45, 7) is 2.50. The summed E-state index contributed by atoms with van der Waals surface area (Å²) in [5.74, 6) is 0. The maximum atomic E-state index is 8.49. The van der Waals surface area contributed by atoms with E-state index in [0.29, 0.717) is 0 Å². The lowest BCUT2D eigenvalue weighted by atomic mass is 10.1. The molecule has 1 aliphatic heterocycles. The highest BCUT2D eigenvalue weighted by Crippen LogP contribution is 2.17. The van der Waals surface area contributed by atoms with E-state index in [9.17, 15) is 0 Å². The van der Waals surface area contributed by atoms with Gasteiger partial charge in [-0.1, -0.05) is 22.7 Å². The maximum absolute atomic E-state index is 8.49. The summed E-state index contributed by atoms with van der Waals surface area (Å²) in [5.41, 5.74) is 0. The molecular formula is C9H14ClNO4S3. The third kappa shape index (κ3) is 7.05. The van der Waals surface area contributed by atoms with Crippen molar-refractivity contribution < 1.29 is 28.9 Å². The van der Waals surface area contributed by atoms with Gasteiger partial charge in [0.2, 0.25) is 0 Å². The maximum Gasteiger partial charge on any atom is 0.313 e. The second kappa shape index (κ2) is 7.81. The molecule has 0 spiro atoms. The molecule has 1 aromatic rings. The normalized spacial score (nSPS) is 20.3. The molecule has 0 atom stereocenters. The molecule has 1 aliphatic rings. The van der Waals surface area contributed by atoms with Crippen LogP contribution in [0.3, 0.4) is 0 Å². The Hall–Kier alpha value is 0.330. The van der Waals surface area contributed by atoms with E-state index in [1.165, 1.54) is 29.9 Å². The van der Waals surface area contributed by atoms with E-state index in [-0.39, 0.29) is 0 Å². The van der Waals surface area contributed by atoms with E-state index in [0.717, 1.165) is 5.25 Å². The summed E-state index contributed by atoms with van der Waals surface area (Å²) in [6, 6.07) is 0. The van der Waals surface area contributed by atoms with Crippen LogP contribution in [0.2, 0.25) is 0 Å². The SMILES string of the molecule is CSC1CC[N+](=c2sccs2)CC1.[O-][Cl+3]([O-])([O-])[O-]. The predicted octanol–water partition coefficient (Wildman–Crippen LogP) is -2.65. The molecule has 0 aromatic carbocycles. The minimum Gasteiger partial charge on any atom is -0.222 e. The summed E-state index contributed by atoms with van der Waals surface area (Å²) < 4.78 is 38.0. The summed E-state index contributed by atoms with van der Waals surface area (Å²) in [4.78, 5) is 0. The van der Waals surface area contributed by atoms with E-state index >= 15 is 0 Å². The van der Waals surface area contributed by atoms with Gasteiger partial charge in [0.25, 0.3) is 0 Å². The molecule has 0 aliphatic carbocycles. The number of thioether (sulfide) groups is 1. The van der Waals surface area contributed by atoms with Crippen molar-refractivity contribution >= 4 is 34.4 Å². The molecule has 0 amide bonds. The van der Waals surface area contributed by atoms with Crippen LogP contribution in [-0.4, -0.2) is 24.6 Å². The first kappa shape index (κ1) is 16.4. The number of nitrogens with zero attached hydrogens (tertiary/aromatic N) is 1. The molecule has 0 bridgehead atoms. The van der Waals surface area contributed by atoms with Gasteiger partial charge in [0.05, 0.1) is 0 Å². The first-order valence-corrected chi connectivity index (χ1v) is 9.43. The number of rotatable bonds is 1. The van der Waals surface area contributed by atoms with Crippen LogP contribution < -0.4 is 27.2 Å². The average Bonchev–Trinajstić information content (AvgIpc) is 2.80. The van der Waals surface area contributed by atoms with Gasteiger partial charge in [0.15, 0.2) is 0 Å². The predicted molar refractivity (Wildman–Crippen MR) is 63.7 cm³/mol. The van der Waals surface area contributed by atoms with Crippen LogP contribution in [0.5, 0.6) is 0 Å². The van der Waals surface area contributed by atoms with Crippen molar-refractivity contribution in [3.63, 3.8) is 0 Å². The van der Waals surface area contributed by atoms with Gasteiger partial charge in [0.1, 0.15) is 13.1 Å². The van der Waals surface area contributed by atoms with Gasteiger partial charge < -0.3 is 0 Å². The highest BCUT2D eigenvalue weighted by Gasteiger charge is 2.20. The Morgan fingerprint density at radius 1 is 1.17 bits per heavy atom. The van der Waals surface area contributed by atoms with E-state index in [4.69, 9.17) is 18.6 Å². The van der Waals surface area contributed by atoms with Gasteiger partial charge >= 0.3 is 3.98 Å². The van der Waals surface area contributed by atoms with Gasteiger partial charge in [-0.25, -0.2) is 23.2 Å². The fourth-order valence-corrected chi connectivity index (χ4v) is 4.20. The molecule has 18 heavy (non-hydrogen) atoms. The minimum atomic E-state index is -4.94. The lowest BCUT2D eigenvalue weighted by molar-refractivity contribution is -2.00. The molecule has 2 rings (SSSR count). The Labute approximate surface area is 120 Å². The third-order valence-corrected chi connectivity index (χ3v) is 5.78. The van der Waals surface area contributed by atoms with Gasteiger partial charge in [-0.05, 0) is 6.26 Å². The Kier molecular flexibility index (Phi) is 7.11. The summed E-state index contributed by atoms with van der Waals surface area (Å²) in [7, 11) is -4.94. The second-order valence-corrected chi connectivity index (χ2v) is 7.52. The zero-order chi connectivity index (χ0) is 13.6. The minimum absolute atomic E-state index is 0.904. The Morgan fingerprint density at radius 2 is 1.61 bits per heavy atom. The van der Waals surface area contributed by atoms with Gasteiger partial charge in [0, 0.05) is 28.9 Å². The molecule has 104 valence electrons. The lowest BCUT2D eigenvalue weighted by Gasteiger charge is -2.17. The number of piperidine rings is 1. The van der Waals surface area contributed by atoms with Crippen LogP contribution in [0.25, 0.3) is 0 Å². The van der Waals surface area contributed by atoms with E-state index in [2.05, 4.69) is 21.6 Å². The van der Waals surface area contributed by atoms with Crippen LogP contribution in [0.15, 0.2) is 10.8 Å². The molecule has 2 heterocycles. The van der Waals surface area contributed by atoms with E-state index < -0.39 is 10.2 Å². The first-order chi connectivity index (χ1) is 8.40. The fourth-order valence-electron chi connectivity index (χ4n) is 1.62. The molecule has 5 nitrogen and oxygen atoms in total. The molecule has 1 saturated heterocycles. The molecule has 1 fully saturated rings. The molecule has 9 heteroatoms. The molecule has 0 saturated carbocycles. The van der Waals surface area contributed by atoms with Gasteiger partial charge in [-0.2, -0.15) is 11.8 Å². The molecule has 0 unspecified atom stereocenters. The Morgan fingerprint density at radius 3 is 2.00 bits per heavy atom. The smallest absolute Gasteiger partial charge is 0.222 e. The number of hydrogen-bond donors (Lipinski definition) is 0. The topological polar surface area (TPSA) is 95.2 Å². The zero-order valence-corrected chi connectivity index (χ0v) is 12.9. The van der Waals surface area contributed by atoms with Crippen molar-refractivity contribution in [1.29, 1.82) is 0 Å². The Balaban J connectivity index is 0.000000280. The van der Waals surface area contributed by atoms with Gasteiger partial charge in [-0.15, -0.1) is 10.2 Å². The van der Waals surface area contributed by atoms with E-state index in [1.807, 2.05) is 34.4 Å². The highest BCUT2D eigenvalue weighted by atomic mass is 35.7. The fraction of sp³-hybridized carbons (Fsp3) is 0.667. The van der Waals surface area contributed by atoms with Crippen molar-refractivity contribution in [2.24, 2.45) is 0 Å². The van der Waals surface area contributed by atoms with Crippen LogP contribution >= 0.6 is 34.4 Å². The van der Waals surface area contributed by atoms with Crippen LogP contribution in [0, 0.1) is 10.2 Å². The lowest BCUT2D eigenvalue weighted by Crippen LogP contribution is -2.68. The van der Waals surface area contributed by atoms with Crippen LogP contribution in [0.4, 0.5) is 0 Å². The summed E-state index contributed by atoms with van der Waals surface area (Å²) in [6.07, 6.45) is 4.94. The standard InChI is InChI=1S/C9H14NS3.ClHO4/c1-11-8-2-4-10(5-3-8)9-12-6-7-13-9;2-1(3,4)5/h6-8H,2-5H2,1H3;(H,2,3,4,5)/q+1;/p-1. The largest absolute Gasteiger partial charge is 0.313 e. The third-order valence-electron chi connectivity index (χ3n) is 2.43. The summed E-state index contributed by atoms with van der Waals surface area (Å²) in [5, 5.41) is 5.27. The van der Waals surface area contributed by atoms with Crippen LogP contribution in [0.1, 0.15) is 12.8 Å². The first-order valence-electron chi connectivity index (χ1n) is 5.15. The molecule has 0 radical (unpaired) electrons. The molecular weight excluding hydrogens is 318 g/mol.